The first-order valence-corrected chi connectivity index (χ1v) is 5.82. The van der Waals surface area contributed by atoms with Crippen molar-refractivity contribution in [1.29, 1.82) is 0 Å². The highest BCUT2D eigenvalue weighted by molar-refractivity contribution is 5.91. The summed E-state index contributed by atoms with van der Waals surface area (Å²) in [5.74, 6) is 1.34. The Labute approximate surface area is 108 Å². The van der Waals surface area contributed by atoms with Gasteiger partial charge in [-0.2, -0.15) is 4.98 Å². The van der Waals surface area contributed by atoms with Gasteiger partial charge in [-0.1, -0.05) is 5.16 Å². The summed E-state index contributed by atoms with van der Waals surface area (Å²) in [6.45, 7) is 0.642. The molecule has 19 heavy (non-hydrogen) atoms. The molecule has 0 bridgehead atoms. The number of nitrogens with two attached hydrogens (primary N) is 1. The second kappa shape index (κ2) is 4.89. The van der Waals surface area contributed by atoms with E-state index in [0.717, 1.165) is 16.7 Å². The molecule has 0 atom stereocenters. The van der Waals surface area contributed by atoms with E-state index in [2.05, 4.69) is 25.4 Å². The highest BCUT2D eigenvalue weighted by Gasteiger charge is 2.04. The van der Waals surface area contributed by atoms with Crippen molar-refractivity contribution in [1.82, 2.24) is 20.1 Å². The molecule has 3 aromatic rings. The maximum Gasteiger partial charge on any atom is 0.228 e. The van der Waals surface area contributed by atoms with Gasteiger partial charge in [0.2, 0.25) is 5.89 Å². The molecule has 0 saturated heterocycles. The number of nitrogens with one attached hydrogen (secondary N) is 1. The molecule has 0 fully saturated rings. The van der Waals surface area contributed by atoms with Crippen molar-refractivity contribution in [3.63, 3.8) is 0 Å². The van der Waals surface area contributed by atoms with Crippen LogP contribution in [0, 0.1) is 0 Å². The number of fused-ring (bicyclic) bond motifs is 1. The van der Waals surface area contributed by atoms with Gasteiger partial charge < -0.3 is 15.6 Å². The first-order chi connectivity index (χ1) is 9.33. The van der Waals surface area contributed by atoms with Crippen molar-refractivity contribution >= 4 is 22.4 Å². The summed E-state index contributed by atoms with van der Waals surface area (Å²) in [5.41, 5.74) is 7.32. The lowest BCUT2D eigenvalue weighted by molar-refractivity contribution is 0.380. The number of hydrogen-bond donors (Lipinski definition) is 2. The van der Waals surface area contributed by atoms with Crippen LogP contribution < -0.4 is 11.1 Å². The zero-order valence-corrected chi connectivity index (χ0v) is 10.1. The Morgan fingerprint density at radius 1 is 1.16 bits per heavy atom. The van der Waals surface area contributed by atoms with E-state index in [-0.39, 0.29) is 0 Å². The molecule has 0 aliphatic heterocycles. The lowest BCUT2D eigenvalue weighted by Crippen LogP contribution is -2.07. The Kier molecular flexibility index (Phi) is 2.93. The summed E-state index contributed by atoms with van der Waals surface area (Å²) in [6.07, 6.45) is 3.54. The van der Waals surface area contributed by atoms with Gasteiger partial charge in [-0.05, 0) is 18.2 Å². The van der Waals surface area contributed by atoms with Crippen LogP contribution in [0.1, 0.15) is 5.89 Å². The molecule has 2 aromatic heterocycles. The van der Waals surface area contributed by atoms with E-state index in [9.17, 15) is 0 Å². The Hall–Kier alpha value is -2.70. The molecule has 0 saturated carbocycles. The Morgan fingerprint density at radius 2 is 2.11 bits per heavy atom. The van der Waals surface area contributed by atoms with Gasteiger partial charge in [-0.15, -0.1) is 0 Å². The van der Waals surface area contributed by atoms with E-state index in [1.165, 1.54) is 12.7 Å². The molecule has 0 amide bonds. The van der Waals surface area contributed by atoms with Gasteiger partial charge in [0.15, 0.2) is 6.33 Å². The highest BCUT2D eigenvalue weighted by atomic mass is 16.5. The van der Waals surface area contributed by atoms with E-state index in [1.54, 1.807) is 0 Å². The van der Waals surface area contributed by atoms with Crippen LogP contribution in [0.15, 0.2) is 35.4 Å². The van der Waals surface area contributed by atoms with Gasteiger partial charge in [-0.3, -0.25) is 0 Å². The van der Waals surface area contributed by atoms with E-state index >= 15 is 0 Å². The SMILES string of the molecule is Nc1ccc2ncnc(NCCc3ncno3)c2c1. The highest BCUT2D eigenvalue weighted by Crippen LogP contribution is 2.21. The molecule has 96 valence electrons. The number of rotatable bonds is 4. The van der Waals surface area contributed by atoms with Crippen molar-refractivity contribution in [2.24, 2.45) is 0 Å². The molecule has 7 nitrogen and oxygen atoms in total. The molecule has 0 aliphatic carbocycles. The minimum atomic E-state index is 0.588. The van der Waals surface area contributed by atoms with E-state index in [1.807, 2.05) is 18.2 Å². The van der Waals surface area contributed by atoms with Crippen molar-refractivity contribution < 1.29 is 4.52 Å². The van der Waals surface area contributed by atoms with E-state index in [4.69, 9.17) is 10.3 Å². The van der Waals surface area contributed by atoms with Crippen molar-refractivity contribution in [3.8, 4) is 0 Å². The van der Waals surface area contributed by atoms with Crippen LogP contribution >= 0.6 is 0 Å². The fourth-order valence-electron chi connectivity index (χ4n) is 1.81. The van der Waals surface area contributed by atoms with Gasteiger partial charge >= 0.3 is 0 Å². The van der Waals surface area contributed by atoms with Gasteiger partial charge in [-0.25, -0.2) is 9.97 Å². The van der Waals surface area contributed by atoms with Crippen molar-refractivity contribution in [2.75, 3.05) is 17.6 Å². The van der Waals surface area contributed by atoms with E-state index in [0.29, 0.717) is 24.5 Å². The third-order valence-corrected chi connectivity index (χ3v) is 2.70. The summed E-state index contributed by atoms with van der Waals surface area (Å²) in [6, 6.07) is 5.54. The van der Waals surface area contributed by atoms with Gasteiger partial charge in [0.1, 0.15) is 12.1 Å². The average molecular weight is 256 g/mol. The molecule has 0 unspecified atom stereocenters. The molecule has 3 N–H and O–H groups in total. The first kappa shape index (κ1) is 11.4. The Bertz CT molecular complexity index is 682. The molecule has 7 heteroatoms. The number of benzene rings is 1. The van der Waals surface area contributed by atoms with Gasteiger partial charge in [0.05, 0.1) is 5.52 Å². The lowest BCUT2D eigenvalue weighted by Gasteiger charge is -2.07. The summed E-state index contributed by atoms with van der Waals surface area (Å²) in [4.78, 5) is 12.4. The number of nitrogen functional groups attached to an aromatic ring is 1. The number of aromatic nitrogens is 4. The summed E-state index contributed by atoms with van der Waals surface area (Å²) >= 11 is 0. The van der Waals surface area contributed by atoms with Crippen molar-refractivity contribution in [3.05, 3.63) is 36.7 Å². The lowest BCUT2D eigenvalue weighted by atomic mass is 10.2. The molecular formula is C12H12N6O. The normalized spacial score (nSPS) is 10.7. The summed E-state index contributed by atoms with van der Waals surface area (Å²) in [7, 11) is 0. The number of nitrogens with zero attached hydrogens (tertiary/aromatic N) is 4. The topological polar surface area (TPSA) is 103 Å². The van der Waals surface area contributed by atoms with Crippen LogP contribution in [-0.4, -0.2) is 26.7 Å². The Morgan fingerprint density at radius 3 is 2.95 bits per heavy atom. The maximum atomic E-state index is 5.78. The zero-order valence-electron chi connectivity index (χ0n) is 10.1. The average Bonchev–Trinajstić information content (AvgIpc) is 2.92. The molecule has 0 spiro atoms. The van der Waals surface area contributed by atoms with Crippen LogP contribution in [0.25, 0.3) is 10.9 Å². The molecule has 2 heterocycles. The van der Waals surface area contributed by atoms with E-state index < -0.39 is 0 Å². The van der Waals surface area contributed by atoms with Gasteiger partial charge in [0, 0.05) is 24.0 Å². The second-order valence-corrected chi connectivity index (χ2v) is 4.01. The third-order valence-electron chi connectivity index (χ3n) is 2.70. The number of anilines is 2. The van der Waals surface area contributed by atoms with Crippen LogP contribution in [0.4, 0.5) is 11.5 Å². The van der Waals surface area contributed by atoms with Crippen LogP contribution in [0.5, 0.6) is 0 Å². The predicted octanol–water partition coefficient (Wildman–Crippen LogP) is 1.25. The predicted molar refractivity (Wildman–Crippen MR) is 70.4 cm³/mol. The molecule has 1 aromatic carbocycles. The second-order valence-electron chi connectivity index (χ2n) is 4.01. The quantitative estimate of drug-likeness (QED) is 0.677. The number of hydrogen-bond acceptors (Lipinski definition) is 7. The van der Waals surface area contributed by atoms with Gasteiger partial charge in [0.25, 0.3) is 0 Å². The molecular weight excluding hydrogens is 244 g/mol. The molecule has 0 radical (unpaired) electrons. The summed E-state index contributed by atoms with van der Waals surface area (Å²) in [5, 5.41) is 7.67. The zero-order chi connectivity index (χ0) is 13.1. The fraction of sp³-hybridized carbons (Fsp3) is 0.167. The largest absolute Gasteiger partial charge is 0.399 e. The smallest absolute Gasteiger partial charge is 0.228 e. The first-order valence-electron chi connectivity index (χ1n) is 5.82. The van der Waals surface area contributed by atoms with Crippen molar-refractivity contribution in [2.45, 2.75) is 6.42 Å². The standard InChI is InChI=1S/C12H12N6O/c13-8-1-2-10-9(5-8)12(17-6-15-10)14-4-3-11-16-7-18-19-11/h1-2,5-7H,3-4,13H2,(H,14,15,17). The van der Waals surface area contributed by atoms with Crippen LogP contribution in [0.3, 0.4) is 0 Å². The summed E-state index contributed by atoms with van der Waals surface area (Å²) < 4.78 is 4.92. The molecule has 0 aliphatic rings. The van der Waals surface area contributed by atoms with Crippen LogP contribution in [-0.2, 0) is 6.42 Å². The monoisotopic (exact) mass is 256 g/mol. The maximum absolute atomic E-state index is 5.78. The minimum absolute atomic E-state index is 0.588. The third kappa shape index (κ3) is 2.44. The molecule has 3 rings (SSSR count). The minimum Gasteiger partial charge on any atom is -0.399 e. The Balaban J connectivity index is 1.78. The van der Waals surface area contributed by atoms with Crippen LogP contribution in [0.2, 0.25) is 0 Å². The fourth-order valence-corrected chi connectivity index (χ4v) is 1.81.